The van der Waals surface area contributed by atoms with Crippen molar-refractivity contribution in [2.24, 2.45) is 5.41 Å². The van der Waals surface area contributed by atoms with E-state index >= 15 is 0 Å². The summed E-state index contributed by atoms with van der Waals surface area (Å²) in [5.74, 6) is 0. The maximum absolute atomic E-state index is 4.34. The highest BCUT2D eigenvalue weighted by Gasteiger charge is 2.16. The average molecular weight is 231 g/mol. The molecule has 68 valence electrons. The zero-order chi connectivity index (χ0) is 9.19. The minimum absolute atomic E-state index is 0.276. The van der Waals surface area contributed by atoms with Gasteiger partial charge in [0.1, 0.15) is 0 Å². The fourth-order valence-electron chi connectivity index (χ4n) is 1.03. The molecule has 2 nitrogen and oxygen atoms in total. The van der Waals surface area contributed by atoms with Crippen LogP contribution < -0.4 is 0 Å². The molecule has 1 aromatic rings. The highest BCUT2D eigenvalue weighted by molar-refractivity contribution is 9.09. The maximum atomic E-state index is 4.34. The van der Waals surface area contributed by atoms with Gasteiger partial charge in [-0.2, -0.15) is 5.10 Å². The number of aryl methyl sites for hydroxylation is 1. The first kappa shape index (κ1) is 9.78. The number of alkyl halides is 1. The SMILES string of the molecule is Cc1ccn(CC(C)(C)CBr)n1. The zero-order valence-corrected chi connectivity index (χ0v) is 9.43. The number of hydrogen-bond acceptors (Lipinski definition) is 1. The van der Waals surface area contributed by atoms with Gasteiger partial charge in [-0.05, 0) is 18.4 Å². The van der Waals surface area contributed by atoms with Crippen molar-refractivity contribution in [1.82, 2.24) is 9.78 Å². The summed E-state index contributed by atoms with van der Waals surface area (Å²) in [5.41, 5.74) is 1.36. The Kier molecular flexibility index (Phi) is 2.94. The van der Waals surface area contributed by atoms with Gasteiger partial charge in [-0.1, -0.05) is 29.8 Å². The van der Waals surface area contributed by atoms with Crippen molar-refractivity contribution in [2.45, 2.75) is 27.3 Å². The van der Waals surface area contributed by atoms with Crippen molar-refractivity contribution < 1.29 is 0 Å². The first-order valence-electron chi connectivity index (χ1n) is 4.09. The van der Waals surface area contributed by atoms with E-state index in [4.69, 9.17) is 0 Å². The van der Waals surface area contributed by atoms with Crippen LogP contribution in [0.2, 0.25) is 0 Å². The monoisotopic (exact) mass is 230 g/mol. The van der Waals surface area contributed by atoms with Crippen molar-refractivity contribution in [3.05, 3.63) is 18.0 Å². The van der Waals surface area contributed by atoms with E-state index in [1.807, 2.05) is 23.9 Å². The van der Waals surface area contributed by atoms with E-state index in [0.29, 0.717) is 0 Å². The minimum Gasteiger partial charge on any atom is -0.272 e. The molecule has 0 fully saturated rings. The zero-order valence-electron chi connectivity index (χ0n) is 7.84. The molecule has 0 aliphatic heterocycles. The Hall–Kier alpha value is -0.310. The number of rotatable bonds is 3. The molecule has 12 heavy (non-hydrogen) atoms. The van der Waals surface area contributed by atoms with Crippen molar-refractivity contribution in [1.29, 1.82) is 0 Å². The molecule has 0 radical (unpaired) electrons. The number of hydrogen-bond donors (Lipinski definition) is 0. The van der Waals surface area contributed by atoms with Crippen molar-refractivity contribution in [3.8, 4) is 0 Å². The van der Waals surface area contributed by atoms with Crippen LogP contribution in [0, 0.1) is 12.3 Å². The lowest BCUT2D eigenvalue weighted by atomic mass is 9.97. The van der Waals surface area contributed by atoms with Gasteiger partial charge in [0.2, 0.25) is 0 Å². The Labute approximate surface area is 82.1 Å². The molecule has 1 heterocycles. The third-order valence-corrected chi connectivity index (χ3v) is 3.24. The second kappa shape index (κ2) is 3.60. The fourth-order valence-corrected chi connectivity index (χ4v) is 1.21. The van der Waals surface area contributed by atoms with Crippen LogP contribution in [0.15, 0.2) is 12.3 Å². The fraction of sp³-hybridized carbons (Fsp3) is 0.667. The van der Waals surface area contributed by atoms with Crippen LogP contribution in [0.3, 0.4) is 0 Å². The lowest BCUT2D eigenvalue weighted by Crippen LogP contribution is -2.21. The number of nitrogens with zero attached hydrogens (tertiary/aromatic N) is 2. The molecular weight excluding hydrogens is 216 g/mol. The maximum Gasteiger partial charge on any atom is 0.0593 e. The van der Waals surface area contributed by atoms with E-state index in [0.717, 1.165) is 17.6 Å². The summed E-state index contributed by atoms with van der Waals surface area (Å²) in [7, 11) is 0. The van der Waals surface area contributed by atoms with Crippen molar-refractivity contribution >= 4 is 15.9 Å². The lowest BCUT2D eigenvalue weighted by molar-refractivity contribution is 0.335. The lowest BCUT2D eigenvalue weighted by Gasteiger charge is -2.20. The van der Waals surface area contributed by atoms with Crippen molar-refractivity contribution in [3.63, 3.8) is 0 Å². The predicted molar refractivity (Wildman–Crippen MR) is 54.5 cm³/mol. The van der Waals surface area contributed by atoms with E-state index in [1.54, 1.807) is 0 Å². The van der Waals surface area contributed by atoms with Crippen LogP contribution in [0.5, 0.6) is 0 Å². The van der Waals surface area contributed by atoms with E-state index < -0.39 is 0 Å². The molecule has 1 aromatic heterocycles. The number of aromatic nitrogens is 2. The molecule has 0 aromatic carbocycles. The minimum atomic E-state index is 0.276. The molecular formula is C9H15BrN2. The molecule has 0 saturated carbocycles. The Balaban J connectivity index is 2.63. The van der Waals surface area contributed by atoms with E-state index in [-0.39, 0.29) is 5.41 Å². The average Bonchev–Trinajstić information content (AvgIpc) is 2.35. The summed E-state index contributed by atoms with van der Waals surface area (Å²) in [6.45, 7) is 7.42. The van der Waals surface area contributed by atoms with Crippen LogP contribution >= 0.6 is 15.9 Å². The highest BCUT2D eigenvalue weighted by atomic mass is 79.9. The Morgan fingerprint density at radius 2 is 2.25 bits per heavy atom. The standard InChI is InChI=1S/C9H15BrN2/c1-8-4-5-12(11-8)7-9(2,3)6-10/h4-5H,6-7H2,1-3H3. The van der Waals surface area contributed by atoms with E-state index in [2.05, 4.69) is 34.9 Å². The molecule has 0 spiro atoms. The molecule has 0 unspecified atom stereocenters. The van der Waals surface area contributed by atoms with Crippen LogP contribution in [-0.2, 0) is 6.54 Å². The normalized spacial score (nSPS) is 12.0. The third kappa shape index (κ3) is 2.63. The van der Waals surface area contributed by atoms with Gasteiger partial charge >= 0.3 is 0 Å². The van der Waals surface area contributed by atoms with Gasteiger partial charge in [-0.15, -0.1) is 0 Å². The second-order valence-corrected chi connectivity index (χ2v) is 4.51. The molecule has 0 N–H and O–H groups in total. The summed E-state index contributed by atoms with van der Waals surface area (Å²) in [6.07, 6.45) is 2.03. The summed E-state index contributed by atoms with van der Waals surface area (Å²) in [5, 5.41) is 5.34. The molecule has 3 heteroatoms. The van der Waals surface area contributed by atoms with Gasteiger partial charge in [0, 0.05) is 18.1 Å². The Bertz CT molecular complexity index is 253. The Morgan fingerprint density at radius 3 is 2.67 bits per heavy atom. The predicted octanol–water partition coefficient (Wildman–Crippen LogP) is 2.61. The highest BCUT2D eigenvalue weighted by Crippen LogP contribution is 2.20. The summed E-state index contributed by atoms with van der Waals surface area (Å²) in [4.78, 5) is 0. The van der Waals surface area contributed by atoms with Crippen LogP contribution in [0.4, 0.5) is 0 Å². The van der Waals surface area contributed by atoms with Gasteiger partial charge in [0.25, 0.3) is 0 Å². The van der Waals surface area contributed by atoms with E-state index in [1.165, 1.54) is 0 Å². The van der Waals surface area contributed by atoms with Crippen LogP contribution in [-0.4, -0.2) is 15.1 Å². The van der Waals surface area contributed by atoms with Gasteiger partial charge in [0.15, 0.2) is 0 Å². The molecule has 0 amide bonds. The van der Waals surface area contributed by atoms with Gasteiger partial charge in [-0.25, -0.2) is 0 Å². The Morgan fingerprint density at radius 1 is 1.58 bits per heavy atom. The number of halogens is 1. The first-order valence-corrected chi connectivity index (χ1v) is 5.22. The summed E-state index contributed by atoms with van der Waals surface area (Å²) < 4.78 is 2.00. The summed E-state index contributed by atoms with van der Waals surface area (Å²) in [6, 6.07) is 2.03. The topological polar surface area (TPSA) is 17.8 Å². The van der Waals surface area contributed by atoms with Gasteiger partial charge in [-0.3, -0.25) is 4.68 Å². The smallest absolute Gasteiger partial charge is 0.0593 e. The van der Waals surface area contributed by atoms with Crippen molar-refractivity contribution in [2.75, 3.05) is 5.33 Å². The molecule has 0 atom stereocenters. The summed E-state index contributed by atoms with van der Waals surface area (Å²) >= 11 is 3.49. The van der Waals surface area contributed by atoms with E-state index in [9.17, 15) is 0 Å². The van der Waals surface area contributed by atoms with Crippen LogP contribution in [0.25, 0.3) is 0 Å². The second-order valence-electron chi connectivity index (χ2n) is 3.95. The molecule has 0 aliphatic rings. The quantitative estimate of drug-likeness (QED) is 0.731. The molecule has 1 rings (SSSR count). The van der Waals surface area contributed by atoms with Gasteiger partial charge < -0.3 is 0 Å². The first-order chi connectivity index (χ1) is 5.53. The molecule has 0 bridgehead atoms. The molecule has 0 aliphatic carbocycles. The van der Waals surface area contributed by atoms with Crippen LogP contribution in [0.1, 0.15) is 19.5 Å². The largest absolute Gasteiger partial charge is 0.272 e. The van der Waals surface area contributed by atoms with Gasteiger partial charge in [0.05, 0.1) is 5.69 Å². The molecule has 0 saturated heterocycles. The third-order valence-electron chi connectivity index (χ3n) is 1.73.